The van der Waals surface area contributed by atoms with Gasteiger partial charge in [-0.2, -0.15) is 0 Å². The van der Waals surface area contributed by atoms with Crippen molar-refractivity contribution >= 4 is 17.9 Å². The molecule has 1 unspecified atom stereocenters. The molecule has 1 atom stereocenters. The standard InChI is InChI=1S/C71H118O6/c1-4-7-10-13-16-19-22-25-28-30-32-34-35-37-38-40-43-46-49-52-55-58-61-64-70(73)76-67-68(66-75-69(72)63-60-57-54-51-48-45-42-27-24-21-18-15-12-9-6-3)77-71(74)65-62-59-56-53-50-47-44-41-39-36-33-31-29-26-23-20-17-14-11-8-5-2/h7-8,10-11,16-17,19-20,25-29,32-34,36-38,42,68H,4-6,9,12-15,18,21-24,30-31,35,39-41,43-67H2,1-3H3/b10-7-,11-8-,19-16-,20-17-,28-25-,29-26-,34-32-,36-33-,38-37-,42-27-. The average molecular weight is 1070 g/mol. The van der Waals surface area contributed by atoms with Crippen LogP contribution in [0.25, 0.3) is 0 Å². The van der Waals surface area contributed by atoms with Gasteiger partial charge in [0.2, 0.25) is 0 Å². The summed E-state index contributed by atoms with van der Waals surface area (Å²) in [6, 6.07) is 0. The first-order chi connectivity index (χ1) is 38.0. The lowest BCUT2D eigenvalue weighted by atomic mass is 10.1. The molecule has 0 rings (SSSR count). The zero-order valence-corrected chi connectivity index (χ0v) is 50.2. The Labute approximate surface area is 475 Å². The first-order valence-corrected chi connectivity index (χ1v) is 32.0. The molecule has 0 aliphatic rings. The number of rotatable bonds is 57. The SMILES string of the molecule is CC/C=C\C/C=C\C/C=C\C/C=C\C/C=C\CCCCCCCCCC(=O)OCC(COC(=O)CCCCCCC/C=C\CCCCCCCC)OC(=O)CCCCCCCCCC/C=C\C/C=C\C/C=C\C/C=C\CC. The van der Waals surface area contributed by atoms with Crippen LogP contribution >= 0.6 is 0 Å². The van der Waals surface area contributed by atoms with E-state index < -0.39 is 6.10 Å². The zero-order chi connectivity index (χ0) is 55.7. The van der Waals surface area contributed by atoms with Crippen molar-refractivity contribution in [3.8, 4) is 0 Å². The van der Waals surface area contributed by atoms with Gasteiger partial charge in [-0.3, -0.25) is 14.4 Å². The summed E-state index contributed by atoms with van der Waals surface area (Å²) in [5.74, 6) is -0.913. The molecule has 0 spiro atoms. The number of hydrogen-bond donors (Lipinski definition) is 0. The molecule has 0 aromatic rings. The predicted octanol–water partition coefficient (Wildman–Crippen LogP) is 22.0. The van der Waals surface area contributed by atoms with Gasteiger partial charge in [0.05, 0.1) is 0 Å². The third-order valence-electron chi connectivity index (χ3n) is 13.4. The molecule has 0 heterocycles. The van der Waals surface area contributed by atoms with E-state index in [-0.39, 0.29) is 31.1 Å². The Morgan fingerprint density at radius 3 is 0.805 bits per heavy atom. The van der Waals surface area contributed by atoms with Crippen LogP contribution in [0.2, 0.25) is 0 Å². The van der Waals surface area contributed by atoms with Crippen molar-refractivity contribution in [1.82, 2.24) is 0 Å². The van der Waals surface area contributed by atoms with Gasteiger partial charge in [-0.25, -0.2) is 0 Å². The summed E-state index contributed by atoms with van der Waals surface area (Å²) in [5.41, 5.74) is 0. The van der Waals surface area contributed by atoms with Crippen molar-refractivity contribution in [3.63, 3.8) is 0 Å². The second kappa shape index (κ2) is 64.3. The third-order valence-corrected chi connectivity index (χ3v) is 13.4. The van der Waals surface area contributed by atoms with Crippen LogP contribution in [-0.2, 0) is 28.6 Å². The van der Waals surface area contributed by atoms with E-state index in [9.17, 15) is 14.4 Å². The molecule has 0 N–H and O–H groups in total. The van der Waals surface area contributed by atoms with Crippen molar-refractivity contribution < 1.29 is 28.6 Å². The molecular formula is C71H118O6. The van der Waals surface area contributed by atoms with Gasteiger partial charge in [-0.05, 0) is 128 Å². The van der Waals surface area contributed by atoms with Crippen LogP contribution in [0.3, 0.4) is 0 Å². The second-order valence-corrected chi connectivity index (χ2v) is 20.9. The maximum absolute atomic E-state index is 12.9. The van der Waals surface area contributed by atoms with Gasteiger partial charge in [-0.1, -0.05) is 264 Å². The molecule has 0 radical (unpaired) electrons. The summed E-state index contributed by atoms with van der Waals surface area (Å²) in [7, 11) is 0. The normalized spacial score (nSPS) is 12.9. The fraction of sp³-hybridized carbons (Fsp3) is 0.676. The predicted molar refractivity (Wildman–Crippen MR) is 334 cm³/mol. The lowest BCUT2D eigenvalue weighted by Crippen LogP contribution is -2.30. The molecule has 0 bridgehead atoms. The maximum Gasteiger partial charge on any atom is 0.306 e. The van der Waals surface area contributed by atoms with E-state index in [1.807, 2.05) is 0 Å². The molecule has 6 heteroatoms. The van der Waals surface area contributed by atoms with E-state index in [4.69, 9.17) is 14.2 Å². The number of unbranched alkanes of at least 4 members (excludes halogenated alkanes) is 26. The molecule has 0 amide bonds. The molecule has 0 fully saturated rings. The summed E-state index contributed by atoms with van der Waals surface area (Å²) >= 11 is 0. The maximum atomic E-state index is 12.9. The van der Waals surface area contributed by atoms with Gasteiger partial charge >= 0.3 is 17.9 Å². The highest BCUT2D eigenvalue weighted by molar-refractivity contribution is 5.71. The van der Waals surface area contributed by atoms with Crippen molar-refractivity contribution in [3.05, 3.63) is 122 Å². The summed E-state index contributed by atoms with van der Waals surface area (Å²) in [5, 5.41) is 0. The number of hydrogen-bond acceptors (Lipinski definition) is 6. The van der Waals surface area contributed by atoms with Gasteiger partial charge in [0, 0.05) is 19.3 Å². The van der Waals surface area contributed by atoms with Crippen LogP contribution in [0.4, 0.5) is 0 Å². The van der Waals surface area contributed by atoms with Crippen molar-refractivity contribution in [2.24, 2.45) is 0 Å². The Balaban J connectivity index is 4.43. The van der Waals surface area contributed by atoms with Gasteiger partial charge in [0.1, 0.15) is 13.2 Å². The van der Waals surface area contributed by atoms with E-state index in [1.165, 1.54) is 116 Å². The number of esters is 3. The molecule has 0 saturated heterocycles. The number of carbonyl (C=O) groups excluding carboxylic acids is 3. The topological polar surface area (TPSA) is 78.9 Å². The number of ether oxygens (including phenoxy) is 3. The quantitative estimate of drug-likeness (QED) is 0.0261. The summed E-state index contributed by atoms with van der Waals surface area (Å²) in [6.45, 7) is 6.40. The first kappa shape index (κ1) is 72.8. The largest absolute Gasteiger partial charge is 0.462 e. The van der Waals surface area contributed by atoms with E-state index >= 15 is 0 Å². The van der Waals surface area contributed by atoms with Gasteiger partial charge in [-0.15, -0.1) is 0 Å². The zero-order valence-electron chi connectivity index (χ0n) is 50.2. The first-order valence-electron chi connectivity index (χ1n) is 32.0. The second-order valence-electron chi connectivity index (χ2n) is 20.9. The smallest absolute Gasteiger partial charge is 0.306 e. The average Bonchev–Trinajstić information content (AvgIpc) is 3.43. The summed E-state index contributed by atoms with van der Waals surface area (Å²) in [6.07, 6.45) is 89.1. The molecule has 0 saturated carbocycles. The Hall–Kier alpha value is -4.19. The highest BCUT2D eigenvalue weighted by Crippen LogP contribution is 2.15. The Morgan fingerprint density at radius 1 is 0.273 bits per heavy atom. The van der Waals surface area contributed by atoms with Crippen LogP contribution in [0.15, 0.2) is 122 Å². The lowest BCUT2D eigenvalue weighted by Gasteiger charge is -2.18. The minimum atomic E-state index is -0.796. The third kappa shape index (κ3) is 62.5. The number of allylic oxidation sites excluding steroid dienone is 20. The molecule has 0 aromatic heterocycles. The van der Waals surface area contributed by atoms with Crippen LogP contribution in [0.5, 0.6) is 0 Å². The van der Waals surface area contributed by atoms with Gasteiger partial charge < -0.3 is 14.2 Å². The van der Waals surface area contributed by atoms with E-state index in [1.54, 1.807) is 0 Å². The van der Waals surface area contributed by atoms with Crippen molar-refractivity contribution in [1.29, 1.82) is 0 Å². The van der Waals surface area contributed by atoms with Crippen LogP contribution in [0, 0.1) is 0 Å². The minimum Gasteiger partial charge on any atom is -0.462 e. The molecule has 77 heavy (non-hydrogen) atoms. The summed E-state index contributed by atoms with van der Waals surface area (Å²) in [4.78, 5) is 38.4. The fourth-order valence-corrected chi connectivity index (χ4v) is 8.69. The van der Waals surface area contributed by atoms with E-state index in [2.05, 4.69) is 142 Å². The van der Waals surface area contributed by atoms with Crippen molar-refractivity contribution in [2.75, 3.05) is 13.2 Å². The highest BCUT2D eigenvalue weighted by Gasteiger charge is 2.19. The highest BCUT2D eigenvalue weighted by atomic mass is 16.6. The number of carbonyl (C=O) groups is 3. The van der Waals surface area contributed by atoms with E-state index in [0.29, 0.717) is 19.3 Å². The molecule has 0 aromatic carbocycles. The van der Waals surface area contributed by atoms with Gasteiger partial charge in [0.15, 0.2) is 6.10 Å². The summed E-state index contributed by atoms with van der Waals surface area (Å²) < 4.78 is 16.9. The van der Waals surface area contributed by atoms with Crippen LogP contribution < -0.4 is 0 Å². The Bertz CT molecular complexity index is 1600. The molecule has 6 nitrogen and oxygen atoms in total. The van der Waals surface area contributed by atoms with Crippen LogP contribution in [0.1, 0.15) is 290 Å². The molecular weight excluding hydrogens is 949 g/mol. The molecule has 0 aliphatic heterocycles. The van der Waals surface area contributed by atoms with E-state index in [0.717, 1.165) is 135 Å². The fourth-order valence-electron chi connectivity index (χ4n) is 8.69. The molecule has 0 aliphatic carbocycles. The Kier molecular flexibility index (Phi) is 60.8. The minimum absolute atomic E-state index is 0.0910. The lowest BCUT2D eigenvalue weighted by molar-refractivity contribution is -0.167. The van der Waals surface area contributed by atoms with Crippen molar-refractivity contribution in [2.45, 2.75) is 297 Å². The van der Waals surface area contributed by atoms with Crippen LogP contribution in [-0.4, -0.2) is 37.2 Å². The molecule has 438 valence electrons. The monoisotopic (exact) mass is 1070 g/mol. The Morgan fingerprint density at radius 2 is 0.506 bits per heavy atom. The van der Waals surface area contributed by atoms with Gasteiger partial charge in [0.25, 0.3) is 0 Å².